The molecule has 2 heterocycles. The Hall–Kier alpha value is -1.51. The highest BCUT2D eigenvalue weighted by molar-refractivity contribution is 5.81. The van der Waals surface area contributed by atoms with Crippen LogP contribution in [0.5, 0.6) is 5.75 Å². The van der Waals surface area contributed by atoms with Crippen LogP contribution in [0, 0.1) is 0 Å². The maximum absolute atomic E-state index is 5.17. The normalized spacial score (nSPS) is 16.1. The van der Waals surface area contributed by atoms with Crippen LogP contribution in [-0.4, -0.2) is 17.1 Å². The minimum absolute atomic E-state index is 0.748. The number of fused-ring (bicyclic) bond motifs is 1. The SMILES string of the molecule is COc1cnc2[nH]cc(C3CC3)c2c1. The molecule has 0 saturated heterocycles. The van der Waals surface area contributed by atoms with Gasteiger partial charge in [-0.3, -0.25) is 0 Å². The molecule has 3 nitrogen and oxygen atoms in total. The number of aromatic nitrogens is 2. The first-order valence-corrected chi connectivity index (χ1v) is 4.89. The number of hydrogen-bond acceptors (Lipinski definition) is 2. The topological polar surface area (TPSA) is 37.9 Å². The van der Waals surface area contributed by atoms with Crippen LogP contribution in [0.3, 0.4) is 0 Å². The molecule has 1 fully saturated rings. The Morgan fingerprint density at radius 2 is 2.36 bits per heavy atom. The maximum Gasteiger partial charge on any atom is 0.137 e. The van der Waals surface area contributed by atoms with Crippen LogP contribution in [0.4, 0.5) is 0 Å². The van der Waals surface area contributed by atoms with Gasteiger partial charge in [-0.1, -0.05) is 0 Å². The standard InChI is InChI=1S/C11H12N2O/c1-14-8-4-9-10(7-2-3-7)6-13-11(9)12-5-8/h4-7H,2-3H2,1H3,(H,12,13). The van der Waals surface area contributed by atoms with Crippen molar-refractivity contribution in [2.24, 2.45) is 0 Å². The van der Waals surface area contributed by atoms with Crippen molar-refractivity contribution < 1.29 is 4.74 Å². The lowest BCUT2D eigenvalue weighted by Crippen LogP contribution is -1.85. The minimum Gasteiger partial charge on any atom is -0.495 e. The smallest absolute Gasteiger partial charge is 0.137 e. The van der Waals surface area contributed by atoms with E-state index in [-0.39, 0.29) is 0 Å². The second kappa shape index (κ2) is 2.74. The zero-order valence-corrected chi connectivity index (χ0v) is 8.08. The largest absolute Gasteiger partial charge is 0.495 e. The Morgan fingerprint density at radius 3 is 3.07 bits per heavy atom. The van der Waals surface area contributed by atoms with Crippen molar-refractivity contribution in [1.29, 1.82) is 0 Å². The number of H-pyrrole nitrogens is 1. The third-order valence-electron chi connectivity index (χ3n) is 2.79. The molecule has 2 aromatic heterocycles. The van der Waals surface area contributed by atoms with Gasteiger partial charge >= 0.3 is 0 Å². The van der Waals surface area contributed by atoms with E-state index in [0.29, 0.717) is 0 Å². The number of nitrogens with one attached hydrogen (secondary N) is 1. The first-order valence-electron chi connectivity index (χ1n) is 4.89. The van der Waals surface area contributed by atoms with Crippen LogP contribution < -0.4 is 4.74 Å². The van der Waals surface area contributed by atoms with Gasteiger partial charge in [-0.05, 0) is 30.4 Å². The fourth-order valence-electron chi connectivity index (χ4n) is 1.85. The summed E-state index contributed by atoms with van der Waals surface area (Å²) in [5, 5.41) is 1.21. The maximum atomic E-state index is 5.17. The second-order valence-corrected chi connectivity index (χ2v) is 3.79. The lowest BCUT2D eigenvalue weighted by Gasteiger charge is -1.99. The summed E-state index contributed by atoms with van der Waals surface area (Å²) in [7, 11) is 1.67. The molecule has 0 radical (unpaired) electrons. The molecule has 0 bridgehead atoms. The number of nitrogens with zero attached hydrogens (tertiary/aromatic N) is 1. The predicted molar refractivity (Wildman–Crippen MR) is 54.6 cm³/mol. The van der Waals surface area contributed by atoms with Gasteiger partial charge < -0.3 is 9.72 Å². The zero-order chi connectivity index (χ0) is 9.54. The van der Waals surface area contributed by atoms with Crippen molar-refractivity contribution in [3.05, 3.63) is 24.0 Å². The molecule has 0 amide bonds. The number of ether oxygens (including phenoxy) is 1. The van der Waals surface area contributed by atoms with Gasteiger partial charge in [0.25, 0.3) is 0 Å². The highest BCUT2D eigenvalue weighted by Gasteiger charge is 2.26. The van der Waals surface area contributed by atoms with E-state index in [9.17, 15) is 0 Å². The molecule has 0 aromatic carbocycles. The second-order valence-electron chi connectivity index (χ2n) is 3.79. The van der Waals surface area contributed by atoms with E-state index in [1.807, 2.05) is 0 Å². The van der Waals surface area contributed by atoms with Crippen molar-refractivity contribution in [2.75, 3.05) is 7.11 Å². The van der Waals surface area contributed by atoms with Crippen LogP contribution in [0.1, 0.15) is 24.3 Å². The average Bonchev–Trinajstić information content (AvgIpc) is 2.98. The van der Waals surface area contributed by atoms with Gasteiger partial charge in [0.2, 0.25) is 0 Å². The van der Waals surface area contributed by atoms with Crippen molar-refractivity contribution in [3.8, 4) is 5.75 Å². The molecule has 1 N–H and O–H groups in total. The first kappa shape index (κ1) is 7.85. The van der Waals surface area contributed by atoms with Gasteiger partial charge in [-0.15, -0.1) is 0 Å². The molecule has 1 aliphatic carbocycles. The minimum atomic E-state index is 0.748. The number of aromatic amines is 1. The van der Waals surface area contributed by atoms with Crippen molar-refractivity contribution in [3.63, 3.8) is 0 Å². The number of rotatable bonds is 2. The van der Waals surface area contributed by atoms with Crippen molar-refractivity contribution in [2.45, 2.75) is 18.8 Å². The summed E-state index contributed by atoms with van der Waals surface area (Å²) in [6.45, 7) is 0. The van der Waals surface area contributed by atoms with E-state index in [0.717, 1.165) is 17.3 Å². The summed E-state index contributed by atoms with van der Waals surface area (Å²) in [4.78, 5) is 7.50. The van der Waals surface area contributed by atoms with E-state index in [1.165, 1.54) is 23.8 Å². The lowest BCUT2D eigenvalue weighted by molar-refractivity contribution is 0.413. The molecule has 1 aliphatic rings. The van der Waals surface area contributed by atoms with E-state index in [4.69, 9.17) is 4.74 Å². The summed E-state index contributed by atoms with van der Waals surface area (Å²) >= 11 is 0. The number of hydrogen-bond donors (Lipinski definition) is 1. The van der Waals surface area contributed by atoms with Crippen molar-refractivity contribution >= 4 is 11.0 Å². The summed E-state index contributed by atoms with van der Waals surface area (Å²) in [6.07, 6.45) is 6.44. The number of pyridine rings is 1. The highest BCUT2D eigenvalue weighted by atomic mass is 16.5. The van der Waals surface area contributed by atoms with Crippen LogP contribution >= 0.6 is 0 Å². The summed E-state index contributed by atoms with van der Waals surface area (Å²) in [5.74, 6) is 1.58. The van der Waals surface area contributed by atoms with Gasteiger partial charge in [0.15, 0.2) is 0 Å². The van der Waals surface area contributed by atoms with Gasteiger partial charge in [0.1, 0.15) is 11.4 Å². The molecule has 14 heavy (non-hydrogen) atoms. The van der Waals surface area contributed by atoms with Gasteiger partial charge in [0, 0.05) is 11.6 Å². The van der Waals surface area contributed by atoms with Crippen LogP contribution in [-0.2, 0) is 0 Å². The lowest BCUT2D eigenvalue weighted by atomic mass is 10.1. The Bertz CT molecular complexity index is 471. The van der Waals surface area contributed by atoms with Gasteiger partial charge in [-0.2, -0.15) is 0 Å². The molecule has 3 heteroatoms. The van der Waals surface area contributed by atoms with E-state index in [2.05, 4.69) is 22.2 Å². The van der Waals surface area contributed by atoms with E-state index < -0.39 is 0 Å². The molecule has 1 saturated carbocycles. The van der Waals surface area contributed by atoms with Crippen LogP contribution in [0.15, 0.2) is 18.5 Å². The van der Waals surface area contributed by atoms with Crippen molar-refractivity contribution in [1.82, 2.24) is 9.97 Å². The number of methoxy groups -OCH3 is 1. The molecule has 0 spiro atoms. The molecule has 72 valence electrons. The third kappa shape index (κ3) is 1.09. The Balaban J connectivity index is 2.20. The fourth-order valence-corrected chi connectivity index (χ4v) is 1.85. The third-order valence-corrected chi connectivity index (χ3v) is 2.79. The summed E-state index contributed by atoms with van der Waals surface area (Å²) < 4.78 is 5.17. The fraction of sp³-hybridized carbons (Fsp3) is 0.364. The molecular formula is C11H12N2O. The average molecular weight is 188 g/mol. The summed E-state index contributed by atoms with van der Waals surface area (Å²) in [5.41, 5.74) is 2.36. The van der Waals surface area contributed by atoms with Gasteiger partial charge in [-0.25, -0.2) is 4.98 Å². The first-order chi connectivity index (χ1) is 6.88. The van der Waals surface area contributed by atoms with E-state index >= 15 is 0 Å². The quantitative estimate of drug-likeness (QED) is 0.786. The highest BCUT2D eigenvalue weighted by Crippen LogP contribution is 2.43. The Morgan fingerprint density at radius 1 is 1.50 bits per heavy atom. The monoisotopic (exact) mass is 188 g/mol. The molecule has 0 aliphatic heterocycles. The Labute approximate surface area is 82.1 Å². The predicted octanol–water partition coefficient (Wildman–Crippen LogP) is 2.45. The molecule has 0 unspecified atom stereocenters. The zero-order valence-electron chi connectivity index (χ0n) is 8.08. The van der Waals surface area contributed by atoms with Crippen LogP contribution in [0.2, 0.25) is 0 Å². The summed E-state index contributed by atoms with van der Waals surface area (Å²) in [6, 6.07) is 2.06. The Kier molecular flexibility index (Phi) is 1.54. The molecule has 2 aromatic rings. The molecule has 0 atom stereocenters. The molecule has 3 rings (SSSR count). The van der Waals surface area contributed by atoms with Crippen LogP contribution in [0.25, 0.3) is 11.0 Å². The van der Waals surface area contributed by atoms with Gasteiger partial charge in [0.05, 0.1) is 13.3 Å². The molecular weight excluding hydrogens is 176 g/mol. The van der Waals surface area contributed by atoms with E-state index in [1.54, 1.807) is 13.3 Å².